The van der Waals surface area contributed by atoms with Crippen molar-refractivity contribution >= 4 is 27.8 Å². The first kappa shape index (κ1) is 14.3. The van der Waals surface area contributed by atoms with Gasteiger partial charge in [-0.1, -0.05) is 11.3 Å². The lowest BCUT2D eigenvalue weighted by atomic mass is 10.1. The molecule has 0 spiro atoms. The lowest BCUT2D eigenvalue weighted by molar-refractivity contribution is -0.138. The largest absolute Gasteiger partial charge is 0.445 e. The van der Waals surface area contributed by atoms with Crippen molar-refractivity contribution in [2.75, 3.05) is 11.9 Å². The molecule has 0 N–H and O–H groups in total. The van der Waals surface area contributed by atoms with E-state index in [1.807, 2.05) is 23.8 Å². The first-order valence-electron chi connectivity index (χ1n) is 5.52. The van der Waals surface area contributed by atoms with E-state index in [9.17, 15) is 13.2 Å². The number of likely N-dealkylation sites (N-methyl/N-ethyl adjacent to an activating group) is 1. The molecule has 0 fully saturated rings. The quantitative estimate of drug-likeness (QED) is 0.862. The summed E-state index contributed by atoms with van der Waals surface area (Å²) in [5.41, 5.74) is 1.17. The van der Waals surface area contributed by atoms with Crippen LogP contribution in [0.3, 0.4) is 0 Å². The van der Waals surface area contributed by atoms with E-state index in [0.717, 1.165) is 6.42 Å². The van der Waals surface area contributed by atoms with Gasteiger partial charge in [0, 0.05) is 13.1 Å². The van der Waals surface area contributed by atoms with Crippen molar-refractivity contribution in [3.8, 4) is 0 Å². The third-order valence-corrected chi connectivity index (χ3v) is 4.52. The number of hydrogen-bond donors (Lipinski definition) is 0. The number of anilines is 1. The zero-order valence-corrected chi connectivity index (χ0v) is 11.9. The third kappa shape index (κ3) is 3.44. The molecule has 0 amide bonds. The van der Waals surface area contributed by atoms with Gasteiger partial charge in [-0.2, -0.15) is 24.5 Å². The predicted octanol–water partition coefficient (Wildman–Crippen LogP) is 3.69. The van der Waals surface area contributed by atoms with E-state index in [2.05, 4.69) is 10.2 Å². The minimum Gasteiger partial charge on any atom is -0.347 e. The van der Waals surface area contributed by atoms with Gasteiger partial charge in [-0.15, -0.1) is 10.2 Å². The van der Waals surface area contributed by atoms with Gasteiger partial charge in [0.05, 0.1) is 0 Å². The molecule has 2 rings (SSSR count). The number of rotatable bonds is 4. The molecule has 2 aromatic heterocycles. The summed E-state index contributed by atoms with van der Waals surface area (Å²) in [6.07, 6.45) is -3.66. The van der Waals surface area contributed by atoms with Gasteiger partial charge in [-0.3, -0.25) is 0 Å². The van der Waals surface area contributed by atoms with E-state index in [4.69, 9.17) is 0 Å². The van der Waals surface area contributed by atoms with Crippen molar-refractivity contribution in [1.82, 2.24) is 10.2 Å². The Balaban J connectivity index is 2.06. The lowest BCUT2D eigenvalue weighted by Crippen LogP contribution is -2.30. The molecule has 0 aliphatic carbocycles. The molecule has 0 aromatic carbocycles. The molecule has 0 saturated carbocycles. The summed E-state index contributed by atoms with van der Waals surface area (Å²) in [5, 5.41) is 10.2. The van der Waals surface area contributed by atoms with Crippen LogP contribution in [-0.2, 0) is 12.6 Å². The SMILES string of the molecule is CC(Cc1ccsc1)N(C)c1nnc(C(F)(F)F)s1. The van der Waals surface area contributed by atoms with Crippen LogP contribution in [0.25, 0.3) is 0 Å². The van der Waals surface area contributed by atoms with Crippen molar-refractivity contribution < 1.29 is 13.2 Å². The van der Waals surface area contributed by atoms with E-state index in [-0.39, 0.29) is 11.2 Å². The van der Waals surface area contributed by atoms with E-state index in [1.165, 1.54) is 5.56 Å². The molecular weight excluding hydrogens is 295 g/mol. The Morgan fingerprint density at radius 3 is 2.63 bits per heavy atom. The average Bonchev–Trinajstić information content (AvgIpc) is 2.97. The highest BCUT2D eigenvalue weighted by Gasteiger charge is 2.36. The van der Waals surface area contributed by atoms with Gasteiger partial charge < -0.3 is 4.90 Å². The molecule has 2 heterocycles. The molecule has 0 aliphatic rings. The van der Waals surface area contributed by atoms with Crippen LogP contribution in [-0.4, -0.2) is 23.3 Å². The zero-order chi connectivity index (χ0) is 14.0. The summed E-state index contributed by atoms with van der Waals surface area (Å²) in [4.78, 5) is 1.73. The highest BCUT2D eigenvalue weighted by molar-refractivity contribution is 7.15. The molecule has 0 saturated heterocycles. The van der Waals surface area contributed by atoms with Crippen LogP contribution < -0.4 is 4.90 Å². The van der Waals surface area contributed by atoms with Crippen molar-refractivity contribution in [2.24, 2.45) is 0 Å². The number of alkyl halides is 3. The van der Waals surface area contributed by atoms with Crippen molar-refractivity contribution in [3.63, 3.8) is 0 Å². The van der Waals surface area contributed by atoms with Crippen molar-refractivity contribution in [3.05, 3.63) is 27.4 Å². The van der Waals surface area contributed by atoms with Crippen LogP contribution in [0, 0.1) is 0 Å². The smallest absolute Gasteiger partial charge is 0.347 e. The summed E-state index contributed by atoms with van der Waals surface area (Å²) in [7, 11) is 1.73. The maximum absolute atomic E-state index is 12.5. The minimum absolute atomic E-state index is 0.0589. The second-order valence-electron chi connectivity index (χ2n) is 4.18. The first-order valence-corrected chi connectivity index (χ1v) is 7.28. The molecule has 3 nitrogen and oxygen atoms in total. The maximum Gasteiger partial charge on any atom is 0.445 e. The zero-order valence-electron chi connectivity index (χ0n) is 10.3. The standard InChI is InChI=1S/C11H12F3N3S2/c1-7(5-8-3-4-18-6-8)17(2)10-16-15-9(19-10)11(12,13)14/h3-4,6-7H,5H2,1-2H3. The van der Waals surface area contributed by atoms with Crippen LogP contribution in [0.4, 0.5) is 18.3 Å². The Morgan fingerprint density at radius 2 is 2.11 bits per heavy atom. The Hall–Kier alpha value is -1.15. The summed E-state index contributed by atoms with van der Waals surface area (Å²) >= 11 is 2.17. The molecule has 104 valence electrons. The van der Waals surface area contributed by atoms with Crippen LogP contribution in [0.1, 0.15) is 17.5 Å². The molecule has 0 bridgehead atoms. The Bertz CT molecular complexity index is 522. The van der Waals surface area contributed by atoms with Gasteiger partial charge in [0.25, 0.3) is 0 Å². The first-order chi connectivity index (χ1) is 8.88. The molecule has 1 atom stereocenters. The van der Waals surface area contributed by atoms with E-state index >= 15 is 0 Å². The predicted molar refractivity (Wildman–Crippen MR) is 70.8 cm³/mol. The number of halogens is 3. The second-order valence-corrected chi connectivity index (χ2v) is 5.92. The molecule has 2 aromatic rings. The summed E-state index contributed by atoms with van der Waals surface area (Å²) in [6, 6.07) is 2.07. The number of nitrogens with zero attached hydrogens (tertiary/aromatic N) is 3. The molecule has 1 unspecified atom stereocenters. The average molecular weight is 307 g/mol. The fraction of sp³-hybridized carbons (Fsp3) is 0.455. The normalized spacial score (nSPS) is 13.5. The Morgan fingerprint density at radius 1 is 1.37 bits per heavy atom. The second kappa shape index (κ2) is 5.46. The fourth-order valence-electron chi connectivity index (χ4n) is 1.55. The summed E-state index contributed by atoms with van der Waals surface area (Å²) in [6.45, 7) is 1.95. The van der Waals surface area contributed by atoms with Crippen LogP contribution in [0.5, 0.6) is 0 Å². The summed E-state index contributed by atoms with van der Waals surface area (Å²) in [5.74, 6) is 0. The van der Waals surface area contributed by atoms with Gasteiger partial charge in [0.15, 0.2) is 0 Å². The van der Waals surface area contributed by atoms with Gasteiger partial charge >= 0.3 is 6.18 Å². The molecular formula is C11H12F3N3S2. The van der Waals surface area contributed by atoms with Gasteiger partial charge in [0.2, 0.25) is 10.1 Å². The van der Waals surface area contributed by atoms with Gasteiger partial charge in [0.1, 0.15) is 0 Å². The highest BCUT2D eigenvalue weighted by atomic mass is 32.1. The van der Waals surface area contributed by atoms with Gasteiger partial charge in [-0.25, -0.2) is 0 Å². The molecule has 0 radical (unpaired) electrons. The van der Waals surface area contributed by atoms with Crippen LogP contribution in [0.15, 0.2) is 16.8 Å². The van der Waals surface area contributed by atoms with E-state index in [0.29, 0.717) is 11.3 Å². The highest BCUT2D eigenvalue weighted by Crippen LogP contribution is 2.34. The Kier molecular flexibility index (Phi) is 4.10. The number of hydrogen-bond acceptors (Lipinski definition) is 5. The number of thiophene rings is 1. The molecule has 19 heavy (non-hydrogen) atoms. The van der Waals surface area contributed by atoms with Gasteiger partial charge in [-0.05, 0) is 35.7 Å². The van der Waals surface area contributed by atoms with Crippen molar-refractivity contribution in [2.45, 2.75) is 25.6 Å². The Labute approximate surface area is 116 Å². The van der Waals surface area contributed by atoms with Crippen molar-refractivity contribution in [1.29, 1.82) is 0 Å². The maximum atomic E-state index is 12.5. The fourth-order valence-corrected chi connectivity index (χ4v) is 3.01. The monoisotopic (exact) mass is 307 g/mol. The lowest BCUT2D eigenvalue weighted by Gasteiger charge is -2.23. The topological polar surface area (TPSA) is 29.0 Å². The molecule has 8 heteroatoms. The van der Waals surface area contributed by atoms with Crippen LogP contribution >= 0.6 is 22.7 Å². The molecule has 0 aliphatic heterocycles. The van der Waals surface area contributed by atoms with E-state index < -0.39 is 11.2 Å². The minimum atomic E-state index is -4.42. The van der Waals surface area contributed by atoms with E-state index in [1.54, 1.807) is 23.3 Å². The summed E-state index contributed by atoms with van der Waals surface area (Å²) < 4.78 is 37.4. The van der Waals surface area contributed by atoms with Crippen LogP contribution in [0.2, 0.25) is 0 Å². The number of aromatic nitrogens is 2. The third-order valence-electron chi connectivity index (χ3n) is 2.73.